The number of halogens is 2. The minimum absolute atomic E-state index is 0.247. The third kappa shape index (κ3) is 2.48. The summed E-state index contributed by atoms with van der Waals surface area (Å²) in [6.45, 7) is 0. The summed E-state index contributed by atoms with van der Waals surface area (Å²) in [5.41, 5.74) is -0.974. The maximum atomic E-state index is 13.4. The summed E-state index contributed by atoms with van der Waals surface area (Å²) < 4.78 is 27.4. The average molecular weight is 281 g/mol. The van der Waals surface area contributed by atoms with E-state index >= 15 is 0 Å². The molecule has 0 aliphatic carbocycles. The summed E-state index contributed by atoms with van der Waals surface area (Å²) in [6, 6.07) is 2.55. The van der Waals surface area contributed by atoms with Crippen LogP contribution in [0.1, 0.15) is 20.8 Å². The van der Waals surface area contributed by atoms with Crippen LogP contribution in [0.3, 0.4) is 0 Å². The zero-order chi connectivity index (χ0) is 14.9. The smallest absolute Gasteiger partial charge is 0.354 e. The van der Waals surface area contributed by atoms with E-state index in [2.05, 4.69) is 10.4 Å². The van der Waals surface area contributed by atoms with Gasteiger partial charge in [0, 0.05) is 13.1 Å². The van der Waals surface area contributed by atoms with Crippen LogP contribution in [0, 0.1) is 11.6 Å². The first-order chi connectivity index (χ1) is 9.40. The first-order valence-electron chi connectivity index (χ1n) is 5.42. The van der Waals surface area contributed by atoms with E-state index in [4.69, 9.17) is 5.11 Å². The van der Waals surface area contributed by atoms with Crippen molar-refractivity contribution in [2.75, 3.05) is 5.32 Å². The third-order valence-corrected chi connectivity index (χ3v) is 2.56. The molecule has 8 heteroatoms. The lowest BCUT2D eigenvalue weighted by Crippen LogP contribution is -2.17. The zero-order valence-electron chi connectivity index (χ0n) is 10.2. The molecule has 0 radical (unpaired) electrons. The Hall–Kier alpha value is -2.77. The number of aryl methyl sites for hydroxylation is 1. The van der Waals surface area contributed by atoms with E-state index in [9.17, 15) is 18.4 Å². The van der Waals surface area contributed by atoms with Gasteiger partial charge in [-0.2, -0.15) is 5.10 Å². The van der Waals surface area contributed by atoms with Crippen LogP contribution in [0.2, 0.25) is 0 Å². The Bertz CT molecular complexity index is 697. The van der Waals surface area contributed by atoms with Crippen LogP contribution in [0.25, 0.3) is 0 Å². The molecule has 0 fully saturated rings. The Morgan fingerprint density at radius 3 is 2.70 bits per heavy atom. The van der Waals surface area contributed by atoms with Gasteiger partial charge in [0.1, 0.15) is 11.6 Å². The molecule has 2 rings (SSSR count). The first kappa shape index (κ1) is 13.7. The van der Waals surface area contributed by atoms with Gasteiger partial charge in [-0.05, 0) is 12.1 Å². The molecule has 0 saturated heterocycles. The summed E-state index contributed by atoms with van der Waals surface area (Å²) in [5.74, 6) is -3.80. The highest BCUT2D eigenvalue weighted by atomic mass is 19.1. The molecule has 0 spiro atoms. The highest BCUT2D eigenvalue weighted by Gasteiger charge is 2.22. The highest BCUT2D eigenvalue weighted by Crippen LogP contribution is 2.17. The fourth-order valence-corrected chi connectivity index (χ4v) is 1.64. The minimum Gasteiger partial charge on any atom is -0.477 e. The van der Waals surface area contributed by atoms with Crippen molar-refractivity contribution in [2.45, 2.75) is 0 Å². The highest BCUT2D eigenvalue weighted by molar-refractivity contribution is 6.09. The van der Waals surface area contributed by atoms with Gasteiger partial charge in [0.05, 0.1) is 17.4 Å². The average Bonchev–Trinajstić information content (AvgIpc) is 2.76. The number of aromatic carboxylic acids is 1. The number of carbonyl (C=O) groups excluding carboxylic acids is 1. The molecule has 104 valence electrons. The molecule has 1 amide bonds. The lowest BCUT2D eigenvalue weighted by molar-refractivity contribution is 0.0680. The number of aromatic nitrogens is 2. The number of hydrogen-bond donors (Lipinski definition) is 2. The fourth-order valence-electron chi connectivity index (χ4n) is 1.64. The van der Waals surface area contributed by atoms with Gasteiger partial charge < -0.3 is 10.4 Å². The Morgan fingerprint density at radius 2 is 2.05 bits per heavy atom. The van der Waals surface area contributed by atoms with Gasteiger partial charge >= 0.3 is 5.97 Å². The molecule has 0 bridgehead atoms. The van der Waals surface area contributed by atoms with E-state index in [-0.39, 0.29) is 16.9 Å². The molecule has 6 nitrogen and oxygen atoms in total. The quantitative estimate of drug-likeness (QED) is 0.896. The number of nitrogens with one attached hydrogen (secondary N) is 1. The summed E-state index contributed by atoms with van der Waals surface area (Å²) in [7, 11) is 1.35. The van der Waals surface area contributed by atoms with E-state index in [1.807, 2.05) is 0 Å². The standard InChI is InChI=1S/C12H9F2N3O3/c1-17-10(12(19)20)7(5-15-17)11(18)16-9-4-6(13)2-3-8(9)14/h2-5H,1H3,(H,16,18)(H,19,20). The molecule has 0 atom stereocenters. The Labute approximate surface area is 111 Å². The first-order valence-corrected chi connectivity index (χ1v) is 5.42. The zero-order valence-corrected chi connectivity index (χ0v) is 10.2. The van der Waals surface area contributed by atoms with Gasteiger partial charge in [-0.1, -0.05) is 0 Å². The molecule has 1 aromatic carbocycles. The normalized spacial score (nSPS) is 10.3. The van der Waals surface area contributed by atoms with E-state index < -0.39 is 23.5 Å². The molecule has 2 aromatic rings. The van der Waals surface area contributed by atoms with Crippen LogP contribution in [-0.4, -0.2) is 26.8 Å². The largest absolute Gasteiger partial charge is 0.477 e. The van der Waals surface area contributed by atoms with Gasteiger partial charge in [0.2, 0.25) is 0 Å². The van der Waals surface area contributed by atoms with Gasteiger partial charge in [-0.15, -0.1) is 0 Å². The molecule has 20 heavy (non-hydrogen) atoms. The second kappa shape index (κ2) is 5.08. The topological polar surface area (TPSA) is 84.2 Å². The number of anilines is 1. The van der Waals surface area contributed by atoms with Crippen molar-refractivity contribution in [3.8, 4) is 0 Å². The minimum atomic E-state index is -1.35. The van der Waals surface area contributed by atoms with Gasteiger partial charge in [0.15, 0.2) is 5.69 Å². The molecule has 1 heterocycles. The summed E-state index contributed by atoms with van der Waals surface area (Å²) >= 11 is 0. The molecule has 2 N–H and O–H groups in total. The van der Waals surface area contributed by atoms with Crippen molar-refractivity contribution in [3.63, 3.8) is 0 Å². The summed E-state index contributed by atoms with van der Waals surface area (Å²) in [4.78, 5) is 22.9. The van der Waals surface area contributed by atoms with Crippen LogP contribution in [0.4, 0.5) is 14.5 Å². The van der Waals surface area contributed by atoms with Crippen LogP contribution in [0.5, 0.6) is 0 Å². The molecule has 0 aliphatic heterocycles. The Balaban J connectivity index is 2.33. The van der Waals surface area contributed by atoms with E-state index in [0.717, 1.165) is 29.1 Å². The molecule has 0 aliphatic rings. The molecular formula is C12H9F2N3O3. The SMILES string of the molecule is Cn1ncc(C(=O)Nc2cc(F)ccc2F)c1C(=O)O. The van der Waals surface area contributed by atoms with Crippen LogP contribution in [-0.2, 0) is 7.05 Å². The molecule has 0 saturated carbocycles. The second-order valence-corrected chi connectivity index (χ2v) is 3.91. The van der Waals surface area contributed by atoms with Crippen molar-refractivity contribution < 1.29 is 23.5 Å². The van der Waals surface area contributed by atoms with E-state index in [1.165, 1.54) is 7.05 Å². The van der Waals surface area contributed by atoms with Crippen molar-refractivity contribution in [3.05, 3.63) is 47.3 Å². The van der Waals surface area contributed by atoms with Gasteiger partial charge in [-0.25, -0.2) is 13.6 Å². The maximum absolute atomic E-state index is 13.4. The maximum Gasteiger partial charge on any atom is 0.354 e. The Morgan fingerprint density at radius 1 is 1.35 bits per heavy atom. The molecule has 1 aromatic heterocycles. The Kier molecular flexibility index (Phi) is 3.47. The predicted octanol–water partition coefficient (Wildman–Crippen LogP) is 1.65. The van der Waals surface area contributed by atoms with Crippen LogP contribution >= 0.6 is 0 Å². The van der Waals surface area contributed by atoms with Crippen LogP contribution in [0.15, 0.2) is 24.4 Å². The summed E-state index contributed by atoms with van der Waals surface area (Å²) in [6.07, 6.45) is 1.04. The van der Waals surface area contributed by atoms with Crippen molar-refractivity contribution >= 4 is 17.6 Å². The van der Waals surface area contributed by atoms with Gasteiger partial charge in [-0.3, -0.25) is 9.48 Å². The number of carbonyl (C=O) groups is 2. The molecular weight excluding hydrogens is 272 g/mol. The number of nitrogens with zero attached hydrogens (tertiary/aromatic N) is 2. The predicted molar refractivity (Wildman–Crippen MR) is 64.5 cm³/mol. The van der Waals surface area contributed by atoms with E-state index in [0.29, 0.717) is 0 Å². The van der Waals surface area contributed by atoms with Crippen LogP contribution < -0.4 is 5.32 Å². The van der Waals surface area contributed by atoms with Gasteiger partial charge in [0.25, 0.3) is 5.91 Å². The number of rotatable bonds is 3. The monoisotopic (exact) mass is 281 g/mol. The van der Waals surface area contributed by atoms with Crippen molar-refractivity contribution in [2.24, 2.45) is 7.05 Å². The summed E-state index contributed by atoms with van der Waals surface area (Å²) in [5, 5.41) is 14.7. The third-order valence-electron chi connectivity index (χ3n) is 2.56. The lowest BCUT2D eigenvalue weighted by Gasteiger charge is -2.06. The lowest BCUT2D eigenvalue weighted by atomic mass is 10.2. The van der Waals surface area contributed by atoms with E-state index in [1.54, 1.807) is 0 Å². The van der Waals surface area contributed by atoms with Crippen molar-refractivity contribution in [1.82, 2.24) is 9.78 Å². The number of hydrogen-bond acceptors (Lipinski definition) is 3. The number of carboxylic acids is 1. The second-order valence-electron chi connectivity index (χ2n) is 3.91. The fraction of sp³-hybridized carbons (Fsp3) is 0.0833. The number of amides is 1. The van der Waals surface area contributed by atoms with Crippen molar-refractivity contribution in [1.29, 1.82) is 0 Å². The number of carboxylic acid groups (broad SMARTS) is 1. The molecule has 0 unspecified atom stereocenters. The number of benzene rings is 1.